The summed E-state index contributed by atoms with van der Waals surface area (Å²) in [5.74, 6) is -7.11. The number of Topliss-reactive ketones (excluding diaryl/α,β-unsaturated/α-hetero) is 1. The van der Waals surface area contributed by atoms with Gasteiger partial charge in [0.05, 0.1) is 37.2 Å². The zero-order valence-electron chi connectivity index (χ0n) is 50.1. The number of esters is 5. The van der Waals surface area contributed by atoms with Gasteiger partial charge in [-0.05, 0) is 109 Å². The summed E-state index contributed by atoms with van der Waals surface area (Å²) >= 11 is 0. The van der Waals surface area contributed by atoms with Crippen LogP contribution in [0, 0.1) is 22.7 Å². The molecule has 1 aromatic rings. The number of para-hydroxylation sites is 1. The van der Waals surface area contributed by atoms with Crippen molar-refractivity contribution in [1.29, 1.82) is 0 Å². The number of benzene rings is 1. The number of ether oxygens (including phenoxy) is 8. The summed E-state index contributed by atoms with van der Waals surface area (Å²) in [6.07, 6.45) is 9.01. The van der Waals surface area contributed by atoms with Crippen molar-refractivity contribution in [1.82, 2.24) is 5.32 Å². The second kappa shape index (κ2) is 28.4. The molecule has 450 valence electrons. The standard InChI is InChI=1S/C63H91NO17/c1-14-16-17-18-19-20-21-22-23-24-25-26-27-28-29-34-49(68)78-51(43(35-39(3)4)64-58(72)81-59(7,8)9)57(71)76-45-37-63(73)55(79-56(70)42-32-30-31-33-44(42)74-13)53-61(12,46(66)36-47-62(53,38-75-47)80-41(6)65)54(69)52(77-48(67)15-2)50(40(45)5)60(63,10)11/h17-18,20-21,23-24,30-33,39,43,45-47,51-53,55,66,73H,14-16,19,22,25-29,34-38H2,1-13H3,(H,64,72)/b18-17-,21-20-,24-23-/t43-,45-,46-,47+,51+,52+,53?,55-,61+,62-,63+/m0/s1. The Balaban J connectivity index is 1.58. The Bertz CT molecular complexity index is 2520. The van der Waals surface area contributed by atoms with E-state index in [0.29, 0.717) is 12.8 Å². The zero-order valence-corrected chi connectivity index (χ0v) is 50.1. The number of rotatable bonds is 26. The van der Waals surface area contributed by atoms with Crippen molar-refractivity contribution in [3.8, 4) is 5.75 Å². The summed E-state index contributed by atoms with van der Waals surface area (Å²) < 4.78 is 48.5. The largest absolute Gasteiger partial charge is 0.496 e. The molecule has 2 saturated carbocycles. The molecule has 2 bridgehead atoms. The molecular weight excluding hydrogens is 1040 g/mol. The van der Waals surface area contributed by atoms with Gasteiger partial charge in [-0.3, -0.25) is 19.2 Å². The van der Waals surface area contributed by atoms with E-state index in [1.54, 1.807) is 53.7 Å². The monoisotopic (exact) mass is 1130 g/mol. The number of unbranched alkanes of at least 4 members (excludes halogenated alkanes) is 5. The van der Waals surface area contributed by atoms with Crippen molar-refractivity contribution in [2.45, 2.75) is 232 Å². The molecule has 1 saturated heterocycles. The topological polar surface area (TPSA) is 246 Å². The average molecular weight is 1130 g/mol. The molecule has 1 heterocycles. The molecule has 3 N–H and O–H groups in total. The van der Waals surface area contributed by atoms with Crippen molar-refractivity contribution in [3.05, 3.63) is 77.4 Å². The number of hydrogen-bond donors (Lipinski definition) is 3. The maximum atomic E-state index is 15.9. The van der Waals surface area contributed by atoms with E-state index in [4.69, 9.17) is 37.9 Å². The number of nitrogens with one attached hydrogen (secondary N) is 1. The van der Waals surface area contributed by atoms with Crippen molar-refractivity contribution < 1.29 is 81.7 Å². The van der Waals surface area contributed by atoms with Crippen LogP contribution in [0.4, 0.5) is 4.79 Å². The van der Waals surface area contributed by atoms with Crippen molar-refractivity contribution >= 4 is 41.7 Å². The van der Waals surface area contributed by atoms with E-state index in [0.717, 1.165) is 51.9 Å². The molecular formula is C63H91NO17. The Labute approximate surface area is 479 Å². The van der Waals surface area contributed by atoms with Crippen LogP contribution in [0.25, 0.3) is 0 Å². The fourth-order valence-corrected chi connectivity index (χ4v) is 12.1. The summed E-state index contributed by atoms with van der Waals surface area (Å²) in [4.78, 5) is 100. The number of aliphatic hydroxyl groups excluding tert-OH is 1. The van der Waals surface area contributed by atoms with Crippen LogP contribution in [0.5, 0.6) is 5.75 Å². The number of aliphatic hydroxyl groups is 2. The Morgan fingerprint density at radius 1 is 0.877 bits per heavy atom. The van der Waals surface area contributed by atoms with E-state index < -0.39 is 124 Å². The van der Waals surface area contributed by atoms with Crippen LogP contribution in [0.15, 0.2) is 71.9 Å². The van der Waals surface area contributed by atoms with E-state index in [2.05, 4.69) is 48.7 Å². The zero-order chi connectivity index (χ0) is 60.1. The van der Waals surface area contributed by atoms with Gasteiger partial charge < -0.3 is 53.4 Å². The summed E-state index contributed by atoms with van der Waals surface area (Å²) in [6.45, 7) is 19.3. The normalized spacial score (nSPS) is 27.7. The Kier molecular flexibility index (Phi) is 23.1. The van der Waals surface area contributed by atoms with E-state index >= 15 is 9.59 Å². The lowest BCUT2D eigenvalue weighted by Crippen LogP contribution is -2.82. The van der Waals surface area contributed by atoms with Crippen LogP contribution in [-0.4, -0.2) is 125 Å². The number of carbonyl (C=O) groups excluding carboxylic acids is 7. The molecule has 4 aliphatic rings. The number of amides is 1. The minimum atomic E-state index is -2.48. The highest BCUT2D eigenvalue weighted by molar-refractivity contribution is 5.96. The molecule has 1 unspecified atom stereocenters. The van der Waals surface area contributed by atoms with Crippen LogP contribution in [0.3, 0.4) is 0 Å². The van der Waals surface area contributed by atoms with Crippen LogP contribution in [0.1, 0.15) is 183 Å². The Hall–Kier alpha value is -5.85. The van der Waals surface area contributed by atoms with Gasteiger partial charge in [0.1, 0.15) is 40.8 Å². The highest BCUT2D eigenvalue weighted by Gasteiger charge is 2.78. The van der Waals surface area contributed by atoms with Crippen molar-refractivity contribution in [2.24, 2.45) is 22.7 Å². The Morgan fingerprint density at radius 3 is 2.11 bits per heavy atom. The third kappa shape index (κ3) is 15.4. The quantitative estimate of drug-likeness (QED) is 0.0338. The first kappa shape index (κ1) is 66.0. The second-order valence-electron chi connectivity index (χ2n) is 24.2. The van der Waals surface area contributed by atoms with Crippen LogP contribution >= 0.6 is 0 Å². The van der Waals surface area contributed by atoms with Gasteiger partial charge in [0.2, 0.25) is 6.10 Å². The molecule has 0 radical (unpaired) electrons. The van der Waals surface area contributed by atoms with E-state index in [-0.39, 0.29) is 60.7 Å². The number of fused-ring (bicyclic) bond motifs is 5. The lowest BCUT2D eigenvalue weighted by molar-refractivity contribution is -0.346. The highest BCUT2D eigenvalue weighted by Crippen LogP contribution is 2.64. The van der Waals surface area contributed by atoms with E-state index in [1.807, 2.05) is 13.8 Å². The smallest absolute Gasteiger partial charge is 0.408 e. The van der Waals surface area contributed by atoms with Gasteiger partial charge in [-0.15, -0.1) is 0 Å². The minimum Gasteiger partial charge on any atom is -0.496 e. The van der Waals surface area contributed by atoms with E-state index in [1.165, 1.54) is 33.1 Å². The molecule has 18 nitrogen and oxygen atoms in total. The molecule has 0 spiro atoms. The number of alkyl carbamates (subject to hydrolysis) is 1. The highest BCUT2D eigenvalue weighted by atomic mass is 16.6. The maximum Gasteiger partial charge on any atom is 0.408 e. The van der Waals surface area contributed by atoms with Gasteiger partial charge in [-0.2, -0.15) is 0 Å². The fraction of sp³-hybridized carbons (Fsp3) is 0.667. The molecule has 81 heavy (non-hydrogen) atoms. The number of carbonyl (C=O) groups is 7. The van der Waals surface area contributed by atoms with E-state index in [9.17, 15) is 34.2 Å². The predicted molar refractivity (Wildman–Crippen MR) is 302 cm³/mol. The van der Waals surface area contributed by atoms with Gasteiger partial charge in [0, 0.05) is 38.0 Å². The first-order chi connectivity index (χ1) is 38.1. The van der Waals surface area contributed by atoms with Crippen molar-refractivity contribution in [2.75, 3.05) is 13.7 Å². The lowest BCUT2D eigenvalue weighted by Gasteiger charge is -2.67. The summed E-state index contributed by atoms with van der Waals surface area (Å²) in [5.41, 5.74) is -9.05. The first-order valence-electron chi connectivity index (χ1n) is 29.0. The number of ketones is 1. The van der Waals surface area contributed by atoms with Gasteiger partial charge in [-0.25, -0.2) is 14.4 Å². The number of hydrogen-bond acceptors (Lipinski definition) is 17. The fourth-order valence-electron chi connectivity index (χ4n) is 12.1. The summed E-state index contributed by atoms with van der Waals surface area (Å²) in [7, 11) is 1.35. The van der Waals surface area contributed by atoms with Gasteiger partial charge in [0.25, 0.3) is 0 Å². The van der Waals surface area contributed by atoms with Gasteiger partial charge in [0.15, 0.2) is 17.5 Å². The van der Waals surface area contributed by atoms with Crippen molar-refractivity contribution in [3.63, 3.8) is 0 Å². The lowest BCUT2D eigenvalue weighted by atomic mass is 9.44. The number of allylic oxidation sites excluding steroid dienone is 6. The van der Waals surface area contributed by atoms with Gasteiger partial charge >= 0.3 is 35.9 Å². The third-order valence-electron chi connectivity index (χ3n) is 16.3. The average Bonchev–Trinajstić information content (AvgIpc) is 3.58. The molecule has 1 aliphatic heterocycles. The van der Waals surface area contributed by atoms with Crippen LogP contribution in [0.2, 0.25) is 0 Å². The first-order valence-corrected chi connectivity index (χ1v) is 29.0. The third-order valence-corrected chi connectivity index (χ3v) is 16.3. The second-order valence-corrected chi connectivity index (χ2v) is 24.2. The predicted octanol–water partition coefficient (Wildman–Crippen LogP) is 10.0. The molecule has 0 aromatic heterocycles. The van der Waals surface area contributed by atoms with Gasteiger partial charge in [-0.1, -0.05) is 109 Å². The Morgan fingerprint density at radius 2 is 1.52 bits per heavy atom. The molecule has 3 aliphatic carbocycles. The molecule has 11 atom stereocenters. The maximum absolute atomic E-state index is 15.9. The number of methoxy groups -OCH3 is 1. The molecule has 18 heteroatoms. The minimum absolute atomic E-state index is 0.0168. The van der Waals surface area contributed by atoms with Crippen LogP contribution < -0.4 is 10.1 Å². The molecule has 5 rings (SSSR count). The van der Waals surface area contributed by atoms with Crippen LogP contribution in [-0.2, 0) is 57.1 Å². The summed E-state index contributed by atoms with van der Waals surface area (Å²) in [5, 5.41) is 29.2. The SMILES string of the molecule is CCC/C=C\C/C=C\C/C=C\CCCCCCC(=O)O[C@@H](C(=O)O[C@H]1C[C@@]2(O)[C@@H](OC(=O)c3ccccc3OC)C3[C@](C)(C(=O)[C@H](OC(=O)CC)C(=C1C)C2(C)C)[C@@H](O)C[C@H]1OC[C@@]31OC(C)=O)[C@H](CC(C)C)NC(=O)OC(C)(C)C. The summed E-state index contributed by atoms with van der Waals surface area (Å²) in [6, 6.07) is 4.95. The molecule has 1 amide bonds. The molecule has 3 fully saturated rings. The molecule has 1 aromatic carbocycles.